The lowest BCUT2D eigenvalue weighted by molar-refractivity contribution is -0.125. The predicted octanol–water partition coefficient (Wildman–Crippen LogP) is 4.82. The molecule has 2 heterocycles. The van der Waals surface area contributed by atoms with E-state index in [0.29, 0.717) is 27.7 Å². The predicted molar refractivity (Wildman–Crippen MR) is 158 cm³/mol. The van der Waals surface area contributed by atoms with Gasteiger partial charge in [0.2, 0.25) is 5.91 Å². The first kappa shape index (κ1) is 30.4. The van der Waals surface area contributed by atoms with E-state index in [-0.39, 0.29) is 18.7 Å². The fourth-order valence-electron chi connectivity index (χ4n) is 4.23. The van der Waals surface area contributed by atoms with Gasteiger partial charge in [-0.05, 0) is 57.2 Å². The highest BCUT2D eigenvalue weighted by atomic mass is 32.1. The molecule has 2 aromatic carbocycles. The van der Waals surface area contributed by atoms with Crippen LogP contribution >= 0.6 is 22.7 Å². The van der Waals surface area contributed by atoms with Crippen LogP contribution in [-0.2, 0) is 11.2 Å². The lowest BCUT2D eigenvalue weighted by atomic mass is 10.00. The molecule has 0 aliphatic rings. The van der Waals surface area contributed by atoms with Crippen molar-refractivity contribution in [2.24, 2.45) is 0 Å². The molecule has 4 N–H and O–H groups in total. The fourth-order valence-corrected chi connectivity index (χ4v) is 5.74. The van der Waals surface area contributed by atoms with E-state index in [1.165, 1.54) is 41.0 Å². The Hall–Kier alpha value is -3.51. The van der Waals surface area contributed by atoms with Gasteiger partial charge in [-0.25, -0.2) is 14.4 Å². The van der Waals surface area contributed by atoms with Gasteiger partial charge in [0.25, 0.3) is 5.91 Å². The van der Waals surface area contributed by atoms with E-state index in [4.69, 9.17) is 0 Å². The summed E-state index contributed by atoms with van der Waals surface area (Å²) in [5.41, 5.74) is 2.86. The molecule has 0 bridgehead atoms. The van der Waals surface area contributed by atoms with Crippen LogP contribution in [0.4, 0.5) is 4.39 Å². The molecule has 4 atom stereocenters. The summed E-state index contributed by atoms with van der Waals surface area (Å²) in [6.45, 7) is 3.61. The Kier molecular flexibility index (Phi) is 10.7. The summed E-state index contributed by atoms with van der Waals surface area (Å²) in [6.07, 6.45) is 2.61. The Labute approximate surface area is 246 Å². The van der Waals surface area contributed by atoms with Gasteiger partial charge in [0.1, 0.15) is 32.9 Å². The standard InChI is InChI=1S/C30H33FN4O4S2/c1-18-3-9-21(10-4-18)29-33-17-25(41-29)28(39)35-24(13-5-19(2)36)27(38)34-23(26(37)30-32-15-16-40-30)14-8-20-6-11-22(31)12-7-20/h3-4,6-7,9-12,15-17,19,23-24,26,36-37H,5,8,13-14H2,1-2H3,(H,34,38)(H,35,39)/t19?,23-,24-,26?/m0/s1. The molecule has 41 heavy (non-hydrogen) atoms. The lowest BCUT2D eigenvalue weighted by Crippen LogP contribution is -2.51. The first-order chi connectivity index (χ1) is 19.7. The summed E-state index contributed by atoms with van der Waals surface area (Å²) >= 11 is 2.50. The Morgan fingerprint density at radius 1 is 0.976 bits per heavy atom. The molecule has 0 aliphatic heterocycles. The summed E-state index contributed by atoms with van der Waals surface area (Å²) in [7, 11) is 0. The van der Waals surface area contributed by atoms with Crippen LogP contribution in [0.2, 0.25) is 0 Å². The van der Waals surface area contributed by atoms with Crippen molar-refractivity contribution in [3.8, 4) is 10.6 Å². The van der Waals surface area contributed by atoms with Gasteiger partial charge in [-0.2, -0.15) is 0 Å². The molecule has 216 valence electrons. The summed E-state index contributed by atoms with van der Waals surface area (Å²) in [5, 5.41) is 29.5. The SMILES string of the molecule is Cc1ccc(-c2ncc(C(=O)N[C@@H](CCC(C)O)C(=O)N[C@@H](CCc3ccc(F)cc3)C(O)c3nccs3)s2)cc1. The van der Waals surface area contributed by atoms with Crippen LogP contribution < -0.4 is 10.6 Å². The zero-order chi connectivity index (χ0) is 29.4. The van der Waals surface area contributed by atoms with Crippen molar-refractivity contribution in [2.45, 2.75) is 63.8 Å². The van der Waals surface area contributed by atoms with Crippen LogP contribution in [0, 0.1) is 12.7 Å². The number of hydrogen-bond acceptors (Lipinski definition) is 8. The number of nitrogens with one attached hydrogen (secondary N) is 2. The maximum Gasteiger partial charge on any atom is 0.263 e. The minimum atomic E-state index is -1.08. The molecule has 0 fully saturated rings. The number of benzene rings is 2. The van der Waals surface area contributed by atoms with Crippen molar-refractivity contribution in [2.75, 3.05) is 0 Å². The highest BCUT2D eigenvalue weighted by Crippen LogP contribution is 2.26. The maximum absolute atomic E-state index is 13.5. The number of aryl methyl sites for hydroxylation is 2. The summed E-state index contributed by atoms with van der Waals surface area (Å²) in [6, 6.07) is 12.2. The third kappa shape index (κ3) is 8.74. The van der Waals surface area contributed by atoms with Crippen LogP contribution in [0.1, 0.15) is 58.1 Å². The molecule has 2 aromatic heterocycles. The molecule has 0 saturated heterocycles. The number of aromatic nitrogens is 2. The largest absolute Gasteiger partial charge is 0.393 e. The van der Waals surface area contributed by atoms with Crippen LogP contribution in [0.5, 0.6) is 0 Å². The van der Waals surface area contributed by atoms with E-state index in [1.807, 2.05) is 31.2 Å². The van der Waals surface area contributed by atoms with Gasteiger partial charge < -0.3 is 20.8 Å². The van der Waals surface area contributed by atoms with E-state index >= 15 is 0 Å². The Morgan fingerprint density at radius 3 is 2.37 bits per heavy atom. The Balaban J connectivity index is 1.48. The maximum atomic E-state index is 13.5. The van der Waals surface area contributed by atoms with Crippen molar-refractivity contribution >= 4 is 34.5 Å². The first-order valence-corrected chi connectivity index (χ1v) is 15.0. The van der Waals surface area contributed by atoms with Gasteiger partial charge in [-0.15, -0.1) is 22.7 Å². The van der Waals surface area contributed by atoms with Crippen molar-refractivity contribution in [1.29, 1.82) is 0 Å². The minimum Gasteiger partial charge on any atom is -0.393 e. The van der Waals surface area contributed by atoms with Crippen LogP contribution in [0.25, 0.3) is 10.6 Å². The average Bonchev–Trinajstić information content (AvgIpc) is 3.67. The highest BCUT2D eigenvalue weighted by Gasteiger charge is 2.29. The third-order valence-corrected chi connectivity index (χ3v) is 8.48. The van der Waals surface area contributed by atoms with E-state index in [2.05, 4.69) is 20.6 Å². The minimum absolute atomic E-state index is 0.191. The summed E-state index contributed by atoms with van der Waals surface area (Å²) in [5.74, 6) is -1.28. The molecule has 8 nitrogen and oxygen atoms in total. The number of carbonyl (C=O) groups excluding carboxylic acids is 2. The zero-order valence-electron chi connectivity index (χ0n) is 22.8. The Morgan fingerprint density at radius 2 is 1.71 bits per heavy atom. The molecule has 11 heteroatoms. The Bertz CT molecular complexity index is 1410. The van der Waals surface area contributed by atoms with Crippen molar-refractivity contribution in [3.63, 3.8) is 0 Å². The van der Waals surface area contributed by atoms with Gasteiger partial charge in [0.15, 0.2) is 0 Å². The molecule has 0 radical (unpaired) electrons. The van der Waals surface area contributed by atoms with E-state index in [9.17, 15) is 24.2 Å². The molecule has 2 amide bonds. The number of thiazole rings is 2. The number of rotatable bonds is 13. The van der Waals surface area contributed by atoms with Crippen molar-refractivity contribution in [1.82, 2.24) is 20.6 Å². The normalized spacial score (nSPS) is 14.2. The second kappa shape index (κ2) is 14.4. The average molecular weight is 597 g/mol. The van der Waals surface area contributed by atoms with Gasteiger partial charge in [0.05, 0.1) is 18.3 Å². The van der Waals surface area contributed by atoms with Gasteiger partial charge in [0, 0.05) is 17.1 Å². The van der Waals surface area contributed by atoms with Gasteiger partial charge >= 0.3 is 0 Å². The van der Waals surface area contributed by atoms with Crippen molar-refractivity contribution < 1.29 is 24.2 Å². The molecular formula is C30H33FN4O4S2. The molecule has 0 saturated carbocycles. The van der Waals surface area contributed by atoms with Gasteiger partial charge in [-0.1, -0.05) is 42.0 Å². The van der Waals surface area contributed by atoms with Crippen molar-refractivity contribution in [3.05, 3.63) is 93.1 Å². The number of halogens is 1. The number of nitrogens with zero attached hydrogens (tertiary/aromatic N) is 2. The highest BCUT2D eigenvalue weighted by molar-refractivity contribution is 7.16. The van der Waals surface area contributed by atoms with Crippen LogP contribution in [-0.4, -0.2) is 50.2 Å². The topological polar surface area (TPSA) is 124 Å². The lowest BCUT2D eigenvalue weighted by Gasteiger charge is -2.26. The molecule has 0 aliphatic carbocycles. The summed E-state index contributed by atoms with van der Waals surface area (Å²) < 4.78 is 13.4. The molecular weight excluding hydrogens is 563 g/mol. The third-order valence-electron chi connectivity index (χ3n) is 6.59. The number of aliphatic hydroxyl groups is 2. The summed E-state index contributed by atoms with van der Waals surface area (Å²) in [4.78, 5) is 35.6. The number of aliphatic hydroxyl groups excluding tert-OH is 2. The fraction of sp³-hybridized carbons (Fsp3) is 0.333. The molecule has 0 spiro atoms. The van der Waals surface area contributed by atoms with E-state index < -0.39 is 36.1 Å². The molecule has 4 aromatic rings. The smallest absolute Gasteiger partial charge is 0.263 e. The molecule has 2 unspecified atom stereocenters. The van der Waals surface area contributed by atoms with Crippen LogP contribution in [0.3, 0.4) is 0 Å². The van der Waals surface area contributed by atoms with Gasteiger partial charge in [-0.3, -0.25) is 9.59 Å². The zero-order valence-corrected chi connectivity index (χ0v) is 24.4. The van der Waals surface area contributed by atoms with E-state index in [1.54, 1.807) is 30.6 Å². The first-order valence-electron chi connectivity index (χ1n) is 13.3. The molecule has 4 rings (SSSR count). The number of hydrogen-bond donors (Lipinski definition) is 4. The quantitative estimate of drug-likeness (QED) is 0.175. The monoisotopic (exact) mass is 596 g/mol. The van der Waals surface area contributed by atoms with E-state index in [0.717, 1.165) is 16.7 Å². The second-order valence-electron chi connectivity index (χ2n) is 9.94. The van der Waals surface area contributed by atoms with Crippen LogP contribution in [0.15, 0.2) is 66.3 Å². The number of carbonyl (C=O) groups is 2. The number of amides is 2. The second-order valence-corrected chi connectivity index (χ2v) is 11.9.